The van der Waals surface area contributed by atoms with Crippen LogP contribution in [0.25, 0.3) is 0 Å². The second kappa shape index (κ2) is 5.64. The van der Waals surface area contributed by atoms with Crippen LogP contribution < -0.4 is 4.74 Å². The van der Waals surface area contributed by atoms with Crippen LogP contribution in [-0.4, -0.2) is 16.9 Å². The molecule has 0 bridgehead atoms. The first-order valence-electron chi connectivity index (χ1n) is 7.24. The summed E-state index contributed by atoms with van der Waals surface area (Å²) in [6, 6.07) is 12.4. The summed E-state index contributed by atoms with van der Waals surface area (Å²) in [6.07, 6.45) is 0.472. The maximum atomic E-state index is 12.7. The third-order valence-corrected chi connectivity index (χ3v) is 4.00. The number of rotatable bonds is 3. The van der Waals surface area contributed by atoms with Gasteiger partial charge in [-0.2, -0.15) is 0 Å². The van der Waals surface area contributed by atoms with Crippen LogP contribution in [0, 0.1) is 0 Å². The van der Waals surface area contributed by atoms with E-state index >= 15 is 0 Å². The molecule has 1 N–H and O–H groups in total. The van der Waals surface area contributed by atoms with Gasteiger partial charge in [-0.3, -0.25) is 9.59 Å². The minimum Gasteiger partial charge on any atom is -0.488 e. The molecule has 0 radical (unpaired) electrons. The molecule has 2 aromatic carbocycles. The average molecular weight is 296 g/mol. The van der Waals surface area contributed by atoms with E-state index in [2.05, 4.69) is 0 Å². The van der Waals surface area contributed by atoms with E-state index in [0.717, 1.165) is 5.56 Å². The van der Waals surface area contributed by atoms with Crippen LogP contribution in [0.2, 0.25) is 0 Å². The molecule has 1 atom stereocenters. The van der Waals surface area contributed by atoms with Crippen molar-refractivity contribution in [3.63, 3.8) is 0 Å². The number of ether oxygens (including phenoxy) is 1. The van der Waals surface area contributed by atoms with Gasteiger partial charge in [0.25, 0.3) is 0 Å². The number of carbonyl (C=O) groups excluding carboxylic acids is 1. The Hall–Kier alpha value is -2.62. The van der Waals surface area contributed by atoms with Gasteiger partial charge in [-0.25, -0.2) is 0 Å². The van der Waals surface area contributed by atoms with Crippen molar-refractivity contribution in [1.29, 1.82) is 0 Å². The predicted molar refractivity (Wildman–Crippen MR) is 81.3 cm³/mol. The molecular weight excluding hydrogens is 280 g/mol. The maximum absolute atomic E-state index is 12.7. The van der Waals surface area contributed by atoms with Gasteiger partial charge in [0, 0.05) is 11.1 Å². The van der Waals surface area contributed by atoms with Gasteiger partial charge < -0.3 is 9.84 Å². The van der Waals surface area contributed by atoms with E-state index in [1.54, 1.807) is 24.3 Å². The van der Waals surface area contributed by atoms with Gasteiger partial charge >= 0.3 is 5.97 Å². The van der Waals surface area contributed by atoms with Crippen LogP contribution in [0.15, 0.2) is 42.5 Å². The average Bonchev–Trinajstić information content (AvgIpc) is 2.66. The zero-order valence-corrected chi connectivity index (χ0v) is 12.2. The summed E-state index contributed by atoms with van der Waals surface area (Å²) >= 11 is 0. The predicted octanol–water partition coefficient (Wildman–Crippen LogP) is 3.39. The number of aliphatic carboxylic acids is 1. The summed E-state index contributed by atoms with van der Waals surface area (Å²) in [4.78, 5) is 24.1. The van der Waals surface area contributed by atoms with Crippen molar-refractivity contribution in [1.82, 2.24) is 0 Å². The highest BCUT2D eigenvalue weighted by Crippen LogP contribution is 2.32. The molecule has 0 aliphatic carbocycles. The first-order valence-corrected chi connectivity index (χ1v) is 7.24. The molecule has 0 amide bonds. The molecule has 0 saturated carbocycles. The molecule has 1 aliphatic rings. The lowest BCUT2D eigenvalue weighted by atomic mass is 9.92. The Labute approximate surface area is 128 Å². The van der Waals surface area contributed by atoms with E-state index < -0.39 is 11.9 Å². The van der Waals surface area contributed by atoms with E-state index in [-0.39, 0.29) is 5.78 Å². The molecule has 3 rings (SSSR count). The van der Waals surface area contributed by atoms with E-state index in [9.17, 15) is 14.7 Å². The fourth-order valence-electron chi connectivity index (χ4n) is 2.79. The highest BCUT2D eigenvalue weighted by atomic mass is 16.5. The van der Waals surface area contributed by atoms with Crippen molar-refractivity contribution in [3.05, 3.63) is 64.7 Å². The molecule has 0 saturated heterocycles. The van der Waals surface area contributed by atoms with Gasteiger partial charge in [0.1, 0.15) is 12.4 Å². The van der Waals surface area contributed by atoms with Crippen LogP contribution in [-0.2, 0) is 11.4 Å². The third kappa shape index (κ3) is 2.37. The van der Waals surface area contributed by atoms with Crippen LogP contribution in [0.1, 0.15) is 46.3 Å². The smallest absolute Gasteiger partial charge is 0.310 e. The zero-order chi connectivity index (χ0) is 15.7. The highest BCUT2D eigenvalue weighted by Gasteiger charge is 2.25. The molecule has 0 aromatic heterocycles. The minimum atomic E-state index is -0.884. The lowest BCUT2D eigenvalue weighted by Gasteiger charge is -2.13. The molecule has 1 aliphatic heterocycles. The normalized spacial score (nSPS) is 14.3. The van der Waals surface area contributed by atoms with Gasteiger partial charge in [-0.05, 0) is 24.1 Å². The number of benzene rings is 2. The summed E-state index contributed by atoms with van der Waals surface area (Å²) in [5, 5.41) is 9.29. The summed E-state index contributed by atoms with van der Waals surface area (Å²) in [7, 11) is 0. The molecule has 4 nitrogen and oxygen atoms in total. The third-order valence-electron chi connectivity index (χ3n) is 4.00. The number of carboxylic acid groups (broad SMARTS) is 1. The van der Waals surface area contributed by atoms with E-state index in [1.165, 1.54) is 0 Å². The molecule has 0 fully saturated rings. The van der Waals surface area contributed by atoms with Gasteiger partial charge in [0.2, 0.25) is 0 Å². The Kier molecular flexibility index (Phi) is 3.67. The molecule has 22 heavy (non-hydrogen) atoms. The quantitative estimate of drug-likeness (QED) is 0.943. The number of carboxylic acids is 1. The largest absolute Gasteiger partial charge is 0.488 e. The lowest BCUT2D eigenvalue weighted by molar-refractivity contribution is -0.138. The van der Waals surface area contributed by atoms with E-state index in [4.69, 9.17) is 4.74 Å². The summed E-state index contributed by atoms with van der Waals surface area (Å²) in [5.74, 6) is -1.11. The van der Waals surface area contributed by atoms with E-state index in [0.29, 0.717) is 35.5 Å². The Bertz CT molecular complexity index is 749. The van der Waals surface area contributed by atoms with Crippen LogP contribution >= 0.6 is 0 Å². The molecule has 4 heteroatoms. The number of carbonyl (C=O) groups is 2. The van der Waals surface area contributed by atoms with Crippen molar-refractivity contribution in [3.8, 4) is 5.75 Å². The second-order valence-corrected chi connectivity index (χ2v) is 5.33. The Morgan fingerprint density at radius 3 is 2.73 bits per heavy atom. The lowest BCUT2D eigenvalue weighted by Crippen LogP contribution is -2.12. The fourth-order valence-corrected chi connectivity index (χ4v) is 2.79. The summed E-state index contributed by atoms with van der Waals surface area (Å²) in [6.45, 7) is 2.16. The van der Waals surface area contributed by atoms with Crippen LogP contribution in [0.3, 0.4) is 0 Å². The van der Waals surface area contributed by atoms with Crippen molar-refractivity contribution in [2.75, 3.05) is 0 Å². The van der Waals surface area contributed by atoms with Gasteiger partial charge in [-0.1, -0.05) is 37.3 Å². The standard InChI is InChI=1S/C18H16O4/c1-2-13(18(20)21)11-7-8-16-15(9-11)17(19)14-6-4-3-5-12(14)10-22-16/h3-9,13H,2,10H2,1H3,(H,20,21). The topological polar surface area (TPSA) is 63.6 Å². The SMILES string of the molecule is CCC(C(=O)O)c1ccc2c(c1)C(=O)c1ccccc1CO2. The first kappa shape index (κ1) is 14.3. The summed E-state index contributed by atoms with van der Waals surface area (Å²) < 4.78 is 5.71. The maximum Gasteiger partial charge on any atom is 0.310 e. The Balaban J connectivity index is 2.10. The van der Waals surface area contributed by atoms with Crippen molar-refractivity contribution in [2.24, 2.45) is 0 Å². The van der Waals surface area contributed by atoms with Crippen molar-refractivity contribution < 1.29 is 19.4 Å². The number of fused-ring (bicyclic) bond motifs is 2. The van der Waals surface area contributed by atoms with Gasteiger partial charge in [0.05, 0.1) is 11.5 Å². The highest BCUT2D eigenvalue weighted by molar-refractivity contribution is 6.12. The Morgan fingerprint density at radius 1 is 1.23 bits per heavy atom. The fraction of sp³-hybridized carbons (Fsp3) is 0.222. The molecule has 1 heterocycles. The van der Waals surface area contributed by atoms with Crippen LogP contribution in [0.5, 0.6) is 5.75 Å². The molecule has 1 unspecified atom stereocenters. The van der Waals surface area contributed by atoms with Gasteiger partial charge in [0.15, 0.2) is 5.78 Å². The first-order chi connectivity index (χ1) is 10.6. The molecule has 112 valence electrons. The Morgan fingerprint density at radius 2 is 2.00 bits per heavy atom. The monoisotopic (exact) mass is 296 g/mol. The number of ketones is 1. The molecular formula is C18H16O4. The number of hydrogen-bond acceptors (Lipinski definition) is 3. The molecule has 2 aromatic rings. The van der Waals surface area contributed by atoms with E-state index in [1.807, 2.05) is 25.1 Å². The second-order valence-electron chi connectivity index (χ2n) is 5.33. The number of hydrogen-bond donors (Lipinski definition) is 1. The molecule has 0 spiro atoms. The summed E-state index contributed by atoms with van der Waals surface area (Å²) in [5.41, 5.74) is 2.52. The van der Waals surface area contributed by atoms with Crippen molar-refractivity contribution >= 4 is 11.8 Å². The van der Waals surface area contributed by atoms with Gasteiger partial charge in [-0.15, -0.1) is 0 Å². The minimum absolute atomic E-state index is 0.120. The van der Waals surface area contributed by atoms with Crippen molar-refractivity contribution in [2.45, 2.75) is 25.9 Å². The zero-order valence-electron chi connectivity index (χ0n) is 12.2. The van der Waals surface area contributed by atoms with Crippen LogP contribution in [0.4, 0.5) is 0 Å².